The highest BCUT2D eigenvalue weighted by atomic mass is 16.1. The van der Waals surface area contributed by atoms with Crippen LogP contribution in [0.25, 0.3) is 22.6 Å². The van der Waals surface area contributed by atoms with Crippen molar-refractivity contribution in [1.82, 2.24) is 19.5 Å². The number of carbonyl (C=O) groups is 1. The lowest BCUT2D eigenvalue weighted by molar-refractivity contribution is 0.100. The van der Waals surface area contributed by atoms with E-state index in [1.54, 1.807) is 6.20 Å². The first-order valence-electron chi connectivity index (χ1n) is 8.85. The van der Waals surface area contributed by atoms with Crippen LogP contribution in [0.4, 0.5) is 0 Å². The monoisotopic (exact) mass is 347 g/mol. The predicted molar refractivity (Wildman–Crippen MR) is 99.6 cm³/mol. The molecule has 0 saturated carbocycles. The molecule has 26 heavy (non-hydrogen) atoms. The van der Waals surface area contributed by atoms with E-state index in [1.165, 1.54) is 6.20 Å². The number of hydrogen-bond donors (Lipinski definition) is 1. The Kier molecular flexibility index (Phi) is 4.03. The van der Waals surface area contributed by atoms with E-state index in [0.29, 0.717) is 11.6 Å². The summed E-state index contributed by atoms with van der Waals surface area (Å²) in [6.07, 6.45) is 6.31. The van der Waals surface area contributed by atoms with Crippen molar-refractivity contribution >= 4 is 5.91 Å². The smallest absolute Gasteiger partial charge is 0.250 e. The van der Waals surface area contributed by atoms with Crippen LogP contribution in [0.3, 0.4) is 0 Å². The van der Waals surface area contributed by atoms with Crippen LogP contribution in [0.2, 0.25) is 0 Å². The van der Waals surface area contributed by atoms with Crippen LogP contribution in [0, 0.1) is 6.92 Å². The number of rotatable bonds is 3. The molecule has 4 rings (SSSR count). The third-order valence-electron chi connectivity index (χ3n) is 4.92. The molecule has 0 aromatic carbocycles. The first-order chi connectivity index (χ1) is 12.6. The molecule has 0 spiro atoms. The van der Waals surface area contributed by atoms with Crippen molar-refractivity contribution in [2.24, 2.45) is 5.73 Å². The summed E-state index contributed by atoms with van der Waals surface area (Å²) in [7, 11) is 0. The summed E-state index contributed by atoms with van der Waals surface area (Å²) in [6.45, 7) is 4.15. The molecule has 6 nitrogen and oxygen atoms in total. The number of fused-ring (bicyclic) bond motifs is 1. The lowest BCUT2D eigenvalue weighted by Crippen LogP contribution is -2.18. The van der Waals surface area contributed by atoms with Crippen molar-refractivity contribution in [3.63, 3.8) is 0 Å². The van der Waals surface area contributed by atoms with E-state index in [4.69, 9.17) is 10.7 Å². The summed E-state index contributed by atoms with van der Waals surface area (Å²) in [4.78, 5) is 25.7. The standard InChI is InChI=1S/C20H21N5O/c1-12-5-3-7-16(23-12)18-19(14-9-10-22-11-15(14)20(21)26)25-13(2)6-4-8-17(25)24-18/h3,5,7,9-11,13H,4,6,8H2,1-2H3,(H2,21,26)/t13-/m1/s1. The first-order valence-corrected chi connectivity index (χ1v) is 8.85. The van der Waals surface area contributed by atoms with Crippen molar-refractivity contribution < 1.29 is 4.79 Å². The molecule has 2 N–H and O–H groups in total. The quantitative estimate of drug-likeness (QED) is 0.787. The molecule has 0 bridgehead atoms. The Hall–Kier alpha value is -3.02. The van der Waals surface area contributed by atoms with E-state index in [1.807, 2.05) is 31.2 Å². The van der Waals surface area contributed by atoms with Gasteiger partial charge in [0.15, 0.2) is 0 Å². The molecular weight excluding hydrogens is 326 g/mol. The van der Waals surface area contributed by atoms with E-state index >= 15 is 0 Å². The molecule has 0 unspecified atom stereocenters. The predicted octanol–water partition coefficient (Wildman–Crippen LogP) is 3.31. The zero-order valence-corrected chi connectivity index (χ0v) is 14.9. The second kappa shape index (κ2) is 6.37. The van der Waals surface area contributed by atoms with Crippen molar-refractivity contribution in [2.75, 3.05) is 0 Å². The van der Waals surface area contributed by atoms with Gasteiger partial charge in [-0.2, -0.15) is 0 Å². The molecule has 1 amide bonds. The molecule has 0 fully saturated rings. The fraction of sp³-hybridized carbons (Fsp3) is 0.300. The summed E-state index contributed by atoms with van der Waals surface area (Å²) >= 11 is 0. The fourth-order valence-electron chi connectivity index (χ4n) is 3.72. The maximum absolute atomic E-state index is 12.0. The molecule has 4 heterocycles. The molecule has 3 aromatic heterocycles. The highest BCUT2D eigenvalue weighted by Crippen LogP contribution is 2.39. The molecule has 1 aliphatic rings. The molecule has 0 radical (unpaired) electrons. The molecule has 1 atom stereocenters. The minimum Gasteiger partial charge on any atom is -0.366 e. The lowest BCUT2D eigenvalue weighted by Gasteiger charge is -2.24. The second-order valence-electron chi connectivity index (χ2n) is 6.79. The Morgan fingerprint density at radius 2 is 2.12 bits per heavy atom. The molecule has 0 aliphatic carbocycles. The molecule has 6 heteroatoms. The van der Waals surface area contributed by atoms with Crippen molar-refractivity contribution in [1.29, 1.82) is 0 Å². The summed E-state index contributed by atoms with van der Waals surface area (Å²) < 4.78 is 2.24. The number of aromatic nitrogens is 4. The number of hydrogen-bond acceptors (Lipinski definition) is 4. The van der Waals surface area contributed by atoms with E-state index in [9.17, 15) is 4.79 Å². The molecule has 132 valence electrons. The Morgan fingerprint density at radius 3 is 2.88 bits per heavy atom. The Labute approximate surface area is 152 Å². The number of aryl methyl sites for hydroxylation is 2. The molecule has 0 saturated heterocycles. The molecule has 1 aliphatic heterocycles. The van der Waals surface area contributed by atoms with Gasteiger partial charge in [-0.1, -0.05) is 6.07 Å². The summed E-state index contributed by atoms with van der Waals surface area (Å²) in [5, 5.41) is 0. The van der Waals surface area contributed by atoms with Crippen LogP contribution in [0.15, 0.2) is 36.7 Å². The van der Waals surface area contributed by atoms with E-state index in [-0.39, 0.29) is 0 Å². The number of pyridine rings is 2. The van der Waals surface area contributed by atoms with Gasteiger partial charge < -0.3 is 10.3 Å². The van der Waals surface area contributed by atoms with Crippen LogP contribution in [-0.2, 0) is 6.42 Å². The number of amides is 1. The number of nitrogens with zero attached hydrogens (tertiary/aromatic N) is 4. The van der Waals surface area contributed by atoms with E-state index < -0.39 is 5.91 Å². The average Bonchev–Trinajstić information content (AvgIpc) is 3.02. The minimum absolute atomic E-state index is 0.300. The van der Waals surface area contributed by atoms with Gasteiger partial charge in [0.25, 0.3) is 5.91 Å². The van der Waals surface area contributed by atoms with E-state index in [2.05, 4.69) is 21.5 Å². The van der Waals surface area contributed by atoms with Crippen molar-refractivity contribution in [3.05, 3.63) is 53.7 Å². The van der Waals surface area contributed by atoms with Crippen LogP contribution in [0.5, 0.6) is 0 Å². The summed E-state index contributed by atoms with van der Waals surface area (Å²) in [5.74, 6) is 0.541. The van der Waals surface area contributed by atoms with Gasteiger partial charge in [0, 0.05) is 36.1 Å². The molecular formula is C20H21N5O. The van der Waals surface area contributed by atoms with Gasteiger partial charge in [-0.15, -0.1) is 0 Å². The number of imidazole rings is 1. The van der Waals surface area contributed by atoms with Crippen LogP contribution in [-0.4, -0.2) is 25.4 Å². The number of carbonyl (C=O) groups excluding carboxylic acids is 1. The maximum Gasteiger partial charge on any atom is 0.250 e. The normalized spacial score (nSPS) is 16.3. The lowest BCUT2D eigenvalue weighted by atomic mass is 10.0. The Bertz CT molecular complexity index is 992. The minimum atomic E-state index is -0.490. The number of nitrogens with two attached hydrogens (primary N) is 1. The van der Waals surface area contributed by atoms with Gasteiger partial charge >= 0.3 is 0 Å². The average molecular weight is 347 g/mol. The maximum atomic E-state index is 12.0. The van der Waals surface area contributed by atoms with Gasteiger partial charge in [0.05, 0.1) is 17.0 Å². The second-order valence-corrected chi connectivity index (χ2v) is 6.79. The van der Waals surface area contributed by atoms with Gasteiger partial charge in [0.1, 0.15) is 11.5 Å². The van der Waals surface area contributed by atoms with Crippen molar-refractivity contribution in [2.45, 2.75) is 39.2 Å². The number of primary amides is 1. The largest absolute Gasteiger partial charge is 0.366 e. The zero-order chi connectivity index (χ0) is 18.3. The zero-order valence-electron chi connectivity index (χ0n) is 14.9. The SMILES string of the molecule is Cc1cccc(-c2nc3n(c2-c2ccncc2C(N)=O)[C@H](C)CCC3)n1. The first kappa shape index (κ1) is 16.4. The van der Waals surface area contributed by atoms with Crippen molar-refractivity contribution in [3.8, 4) is 22.6 Å². The fourth-order valence-corrected chi connectivity index (χ4v) is 3.72. The third kappa shape index (κ3) is 2.67. The Morgan fingerprint density at radius 1 is 1.27 bits per heavy atom. The Balaban J connectivity index is 2.04. The summed E-state index contributed by atoms with van der Waals surface area (Å²) in [6, 6.07) is 8.04. The van der Waals surface area contributed by atoms with Crippen LogP contribution < -0.4 is 5.73 Å². The summed E-state index contributed by atoms with van der Waals surface area (Å²) in [5.41, 5.74) is 10.2. The van der Waals surface area contributed by atoms with Crippen LogP contribution >= 0.6 is 0 Å². The molecule has 3 aromatic rings. The van der Waals surface area contributed by atoms with Gasteiger partial charge in [-0.25, -0.2) is 4.98 Å². The highest BCUT2D eigenvalue weighted by molar-refractivity contribution is 6.00. The van der Waals surface area contributed by atoms with Gasteiger partial charge in [-0.05, 0) is 44.9 Å². The van der Waals surface area contributed by atoms with Crippen LogP contribution in [0.1, 0.15) is 47.7 Å². The third-order valence-corrected chi connectivity index (χ3v) is 4.92. The van der Waals surface area contributed by atoms with E-state index in [0.717, 1.165) is 53.4 Å². The van der Waals surface area contributed by atoms with Gasteiger partial charge in [0.2, 0.25) is 0 Å². The van der Waals surface area contributed by atoms with Gasteiger partial charge in [-0.3, -0.25) is 14.8 Å². The topological polar surface area (TPSA) is 86.7 Å². The highest BCUT2D eigenvalue weighted by Gasteiger charge is 2.28.